The molecule has 0 saturated carbocycles. The number of nitrogens with zero attached hydrogens (tertiary/aromatic N) is 3. The average Bonchev–Trinajstić information content (AvgIpc) is 3.25. The Morgan fingerprint density at radius 1 is 1.38 bits per heavy atom. The fourth-order valence-electron chi connectivity index (χ4n) is 2.32. The van der Waals surface area contributed by atoms with E-state index in [2.05, 4.69) is 20.6 Å². The van der Waals surface area contributed by atoms with Crippen LogP contribution in [0.5, 0.6) is 0 Å². The summed E-state index contributed by atoms with van der Waals surface area (Å²) in [6.45, 7) is 1.94. The zero-order valence-electron chi connectivity index (χ0n) is 13.1. The molecule has 1 amide bonds. The van der Waals surface area contributed by atoms with E-state index in [0.717, 1.165) is 22.6 Å². The fourth-order valence-corrected chi connectivity index (χ4v) is 2.92. The lowest BCUT2D eigenvalue weighted by atomic mass is 10.1. The van der Waals surface area contributed by atoms with Crippen molar-refractivity contribution in [3.63, 3.8) is 0 Å². The van der Waals surface area contributed by atoms with Crippen LogP contribution in [-0.4, -0.2) is 25.9 Å². The van der Waals surface area contributed by atoms with Gasteiger partial charge < -0.3 is 5.32 Å². The molecule has 3 rings (SSSR count). The largest absolute Gasteiger partial charge is 0.350 e. The third kappa shape index (κ3) is 3.96. The first-order valence-electron chi connectivity index (χ1n) is 7.55. The first-order valence-corrected chi connectivity index (χ1v) is 8.37. The summed E-state index contributed by atoms with van der Waals surface area (Å²) in [4.78, 5) is 22.8. The predicted molar refractivity (Wildman–Crippen MR) is 91.2 cm³/mol. The van der Waals surface area contributed by atoms with E-state index in [1.807, 2.05) is 43.5 Å². The van der Waals surface area contributed by atoms with Gasteiger partial charge in [-0.05, 0) is 30.7 Å². The van der Waals surface area contributed by atoms with Crippen molar-refractivity contribution in [1.29, 1.82) is 0 Å². The van der Waals surface area contributed by atoms with E-state index in [1.165, 1.54) is 0 Å². The summed E-state index contributed by atoms with van der Waals surface area (Å²) in [5.74, 6) is -0.0682. The Hall–Kier alpha value is -2.74. The molecule has 0 fully saturated rings. The van der Waals surface area contributed by atoms with E-state index in [1.54, 1.807) is 10.9 Å². The molecular formula is C16H17N5O2S. The number of aromatic amines is 1. The molecule has 24 heavy (non-hydrogen) atoms. The molecule has 0 aliphatic carbocycles. The third-order valence-corrected chi connectivity index (χ3v) is 4.40. The average molecular weight is 343 g/mol. The van der Waals surface area contributed by atoms with Gasteiger partial charge in [0.25, 0.3) is 0 Å². The minimum absolute atomic E-state index is 0.0682. The lowest BCUT2D eigenvalue weighted by Gasteiger charge is -2.14. The molecule has 3 aromatic rings. The van der Waals surface area contributed by atoms with Crippen molar-refractivity contribution in [2.24, 2.45) is 0 Å². The van der Waals surface area contributed by atoms with Crippen molar-refractivity contribution < 1.29 is 4.79 Å². The molecule has 7 nitrogen and oxygen atoms in total. The smallest absolute Gasteiger partial charge is 0.322 e. The predicted octanol–water partition coefficient (Wildman–Crippen LogP) is 1.83. The number of carbonyl (C=O) groups excluding carboxylic acids is 1. The molecule has 1 aromatic carbocycles. The topological polar surface area (TPSA) is 92.7 Å². The minimum Gasteiger partial charge on any atom is -0.350 e. The van der Waals surface area contributed by atoms with Crippen molar-refractivity contribution in [3.8, 4) is 5.69 Å². The summed E-state index contributed by atoms with van der Waals surface area (Å²) < 4.78 is 1.78. The maximum Gasteiger partial charge on any atom is 0.322 e. The number of nitrogens with one attached hydrogen (secondary N) is 2. The highest BCUT2D eigenvalue weighted by Gasteiger charge is 2.11. The fraction of sp³-hybridized carbons (Fsp3) is 0.250. The van der Waals surface area contributed by atoms with Crippen molar-refractivity contribution in [3.05, 3.63) is 63.0 Å². The van der Waals surface area contributed by atoms with Crippen LogP contribution in [0.15, 0.2) is 47.5 Å². The van der Waals surface area contributed by atoms with Crippen molar-refractivity contribution in [1.82, 2.24) is 25.3 Å². The van der Waals surface area contributed by atoms with Gasteiger partial charge in [-0.15, -0.1) is 0 Å². The third-order valence-electron chi connectivity index (χ3n) is 3.59. The van der Waals surface area contributed by atoms with E-state index in [4.69, 9.17) is 0 Å². The Morgan fingerprint density at radius 2 is 2.17 bits per heavy atom. The highest BCUT2D eigenvalue weighted by molar-refractivity contribution is 7.08. The van der Waals surface area contributed by atoms with Gasteiger partial charge >= 0.3 is 4.87 Å². The van der Waals surface area contributed by atoms with Gasteiger partial charge in [0.2, 0.25) is 5.91 Å². The van der Waals surface area contributed by atoms with Crippen molar-refractivity contribution >= 4 is 17.2 Å². The molecule has 0 spiro atoms. The number of benzene rings is 1. The van der Waals surface area contributed by atoms with Crippen LogP contribution < -0.4 is 10.2 Å². The lowest BCUT2D eigenvalue weighted by Crippen LogP contribution is -2.26. The highest BCUT2D eigenvalue weighted by Crippen LogP contribution is 2.15. The summed E-state index contributed by atoms with van der Waals surface area (Å²) in [5, 5.41) is 14.0. The molecule has 2 N–H and O–H groups in total. The Labute approximate surface area is 142 Å². The zero-order chi connectivity index (χ0) is 16.9. The van der Waals surface area contributed by atoms with E-state index in [-0.39, 0.29) is 16.8 Å². The Balaban J connectivity index is 1.55. The number of aryl methyl sites for hydroxylation is 1. The number of carbonyl (C=O) groups is 1. The second-order valence-electron chi connectivity index (χ2n) is 5.34. The standard InChI is InChI=1S/C16H17N5O2S/c1-11(18-14(22)7-8-15-19-20-16(23)24-15)12-3-5-13(6-4-12)21-10-2-9-17-21/h2-6,9-11H,7-8H2,1H3,(H,18,22)(H,20,23). The van der Waals surface area contributed by atoms with Gasteiger partial charge in [-0.3, -0.25) is 9.59 Å². The second kappa shape index (κ2) is 7.22. The molecule has 0 aliphatic heterocycles. The van der Waals surface area contributed by atoms with Gasteiger partial charge in [0.05, 0.1) is 11.7 Å². The first kappa shape index (κ1) is 16.1. The molecule has 124 valence electrons. The molecule has 2 aromatic heterocycles. The Morgan fingerprint density at radius 3 is 2.79 bits per heavy atom. The molecule has 0 aliphatic rings. The summed E-state index contributed by atoms with van der Waals surface area (Å²) >= 11 is 1.03. The van der Waals surface area contributed by atoms with Gasteiger partial charge in [0, 0.05) is 25.2 Å². The van der Waals surface area contributed by atoms with Crippen molar-refractivity contribution in [2.75, 3.05) is 0 Å². The highest BCUT2D eigenvalue weighted by atomic mass is 32.1. The van der Waals surface area contributed by atoms with Crippen LogP contribution in [0.4, 0.5) is 0 Å². The maximum atomic E-state index is 12.0. The maximum absolute atomic E-state index is 12.0. The zero-order valence-corrected chi connectivity index (χ0v) is 13.9. The Bertz CT molecular complexity index is 851. The number of aromatic nitrogens is 4. The molecular weight excluding hydrogens is 326 g/mol. The monoisotopic (exact) mass is 343 g/mol. The van der Waals surface area contributed by atoms with E-state index in [0.29, 0.717) is 17.8 Å². The minimum atomic E-state index is -0.198. The molecule has 1 unspecified atom stereocenters. The molecule has 0 radical (unpaired) electrons. The van der Waals surface area contributed by atoms with Gasteiger partial charge in [-0.25, -0.2) is 9.78 Å². The van der Waals surface area contributed by atoms with Gasteiger partial charge in [0.1, 0.15) is 5.01 Å². The number of H-pyrrole nitrogens is 1. The van der Waals surface area contributed by atoms with Crippen LogP contribution in [0.3, 0.4) is 0 Å². The number of hydrogen-bond donors (Lipinski definition) is 2. The van der Waals surface area contributed by atoms with E-state index >= 15 is 0 Å². The summed E-state index contributed by atoms with van der Waals surface area (Å²) in [7, 11) is 0. The van der Waals surface area contributed by atoms with Gasteiger partial charge in [-0.2, -0.15) is 10.2 Å². The molecule has 0 bridgehead atoms. The van der Waals surface area contributed by atoms with Crippen LogP contribution in [0.25, 0.3) is 5.69 Å². The number of amides is 1. The van der Waals surface area contributed by atoms with Crippen LogP contribution in [0, 0.1) is 0 Å². The van der Waals surface area contributed by atoms with E-state index in [9.17, 15) is 9.59 Å². The number of hydrogen-bond acceptors (Lipinski definition) is 5. The summed E-state index contributed by atoms with van der Waals surface area (Å²) in [6.07, 6.45) is 4.37. The van der Waals surface area contributed by atoms with Crippen molar-refractivity contribution in [2.45, 2.75) is 25.8 Å². The lowest BCUT2D eigenvalue weighted by molar-refractivity contribution is -0.121. The normalized spacial score (nSPS) is 12.0. The first-order chi connectivity index (χ1) is 11.6. The van der Waals surface area contributed by atoms with Crippen LogP contribution in [0.1, 0.15) is 30.0 Å². The number of rotatable bonds is 6. The molecule has 2 heterocycles. The summed E-state index contributed by atoms with van der Waals surface area (Å²) in [6, 6.07) is 9.65. The summed E-state index contributed by atoms with van der Waals surface area (Å²) in [5.41, 5.74) is 1.99. The molecule has 0 saturated heterocycles. The molecule has 8 heteroatoms. The van der Waals surface area contributed by atoms with Crippen LogP contribution >= 0.6 is 11.3 Å². The van der Waals surface area contributed by atoms with Gasteiger partial charge in [0.15, 0.2) is 0 Å². The van der Waals surface area contributed by atoms with Crippen LogP contribution in [-0.2, 0) is 11.2 Å². The van der Waals surface area contributed by atoms with E-state index < -0.39 is 0 Å². The second-order valence-corrected chi connectivity index (χ2v) is 6.38. The Kier molecular flexibility index (Phi) is 4.85. The SMILES string of the molecule is CC(NC(=O)CCc1n[nH]c(=O)s1)c1ccc(-n2cccn2)cc1. The quantitative estimate of drug-likeness (QED) is 0.714. The molecule has 1 atom stereocenters. The van der Waals surface area contributed by atoms with Gasteiger partial charge in [-0.1, -0.05) is 23.5 Å². The van der Waals surface area contributed by atoms with Crippen LogP contribution in [0.2, 0.25) is 0 Å².